The molecule has 0 radical (unpaired) electrons. The molecule has 1 atom stereocenters. The maximum Gasteiger partial charge on any atom is 0.352 e. The van der Waals surface area contributed by atoms with Gasteiger partial charge in [0.05, 0.1) is 18.3 Å². The topological polar surface area (TPSA) is 48.9 Å². The second-order valence-corrected chi connectivity index (χ2v) is 5.50. The first kappa shape index (κ1) is 12.9. The molecule has 1 aliphatic carbocycles. The first-order chi connectivity index (χ1) is 10.8. The average Bonchev–Trinajstić information content (AvgIpc) is 2.77. The van der Waals surface area contributed by atoms with E-state index in [0.29, 0.717) is 12.2 Å². The molecule has 5 nitrogen and oxygen atoms in total. The number of rotatable bonds is 1. The van der Waals surface area contributed by atoms with Gasteiger partial charge in [-0.15, -0.1) is 0 Å². The third-order valence-electron chi connectivity index (χ3n) is 4.10. The minimum Gasteiger partial charge on any atom is -0.245 e. The standard InChI is InChI=1S/C17H15N3O2/c21-16-18-12-13-7-3-1-6-10-15(11-13)20(18)17(22)19(16)14-8-4-2-5-9-14/h1-10,15H,11-12H2/b3-1-,10-6-,13-7+/t15-/m1/s1. The predicted octanol–water partition coefficient (Wildman–Crippen LogP) is 1.80. The first-order valence-electron chi connectivity index (χ1n) is 7.28. The largest absolute Gasteiger partial charge is 0.352 e. The summed E-state index contributed by atoms with van der Waals surface area (Å²) in [5.74, 6) is 0. The quantitative estimate of drug-likeness (QED) is 0.805. The number of hydrogen-bond acceptors (Lipinski definition) is 2. The Kier molecular flexibility index (Phi) is 2.85. The number of allylic oxidation sites excluding steroid dienone is 6. The van der Waals surface area contributed by atoms with Crippen molar-refractivity contribution in [3.05, 3.63) is 87.3 Å². The highest BCUT2D eigenvalue weighted by Crippen LogP contribution is 2.24. The Hall–Kier alpha value is -2.82. The van der Waals surface area contributed by atoms with Crippen LogP contribution >= 0.6 is 0 Å². The van der Waals surface area contributed by atoms with Gasteiger partial charge in [0.15, 0.2) is 0 Å². The summed E-state index contributed by atoms with van der Waals surface area (Å²) < 4.78 is 4.36. The Balaban J connectivity index is 1.98. The summed E-state index contributed by atoms with van der Waals surface area (Å²) >= 11 is 0. The maximum atomic E-state index is 12.8. The summed E-state index contributed by atoms with van der Waals surface area (Å²) in [7, 11) is 0. The second-order valence-electron chi connectivity index (χ2n) is 5.50. The molecule has 0 N–H and O–H groups in total. The smallest absolute Gasteiger partial charge is 0.245 e. The van der Waals surface area contributed by atoms with E-state index in [9.17, 15) is 9.59 Å². The number of aromatic nitrogens is 3. The molecule has 2 aliphatic rings. The van der Waals surface area contributed by atoms with Crippen LogP contribution in [-0.4, -0.2) is 13.9 Å². The molecule has 1 aromatic carbocycles. The van der Waals surface area contributed by atoms with Crippen LogP contribution in [-0.2, 0) is 6.54 Å². The number of hydrogen-bond donors (Lipinski definition) is 0. The van der Waals surface area contributed by atoms with Crippen molar-refractivity contribution in [2.75, 3.05) is 0 Å². The molecule has 5 heteroatoms. The average molecular weight is 293 g/mol. The summed E-state index contributed by atoms with van der Waals surface area (Å²) in [6.45, 7) is 0.461. The third-order valence-corrected chi connectivity index (χ3v) is 4.10. The van der Waals surface area contributed by atoms with E-state index < -0.39 is 0 Å². The van der Waals surface area contributed by atoms with Gasteiger partial charge in [-0.2, -0.15) is 0 Å². The number of fused-ring (bicyclic) bond motifs is 4. The molecule has 0 spiro atoms. The fourth-order valence-electron chi connectivity index (χ4n) is 3.09. The zero-order valence-electron chi connectivity index (χ0n) is 11.9. The van der Waals surface area contributed by atoms with Crippen LogP contribution < -0.4 is 11.4 Å². The van der Waals surface area contributed by atoms with E-state index in [-0.39, 0.29) is 17.4 Å². The van der Waals surface area contributed by atoms with Gasteiger partial charge in [-0.1, -0.05) is 48.6 Å². The SMILES string of the molecule is O=c1n(-c2ccccc2)c(=O)n2n1C/C1=C/C=C\C=C/[C@@H]2C1. The molecule has 4 rings (SSSR count). The second kappa shape index (κ2) is 4.87. The van der Waals surface area contributed by atoms with Gasteiger partial charge in [0.2, 0.25) is 0 Å². The van der Waals surface area contributed by atoms with Gasteiger partial charge in [0.1, 0.15) is 0 Å². The molecule has 0 saturated heterocycles. The zero-order chi connectivity index (χ0) is 15.1. The van der Waals surface area contributed by atoms with Crippen LogP contribution in [0.25, 0.3) is 5.69 Å². The van der Waals surface area contributed by atoms with Crippen LogP contribution in [0.1, 0.15) is 12.5 Å². The van der Waals surface area contributed by atoms with Crippen molar-refractivity contribution < 1.29 is 0 Å². The van der Waals surface area contributed by atoms with Crippen LogP contribution in [0.5, 0.6) is 0 Å². The van der Waals surface area contributed by atoms with Crippen LogP contribution in [0.2, 0.25) is 0 Å². The lowest BCUT2D eigenvalue weighted by molar-refractivity contribution is 0.365. The van der Waals surface area contributed by atoms with E-state index in [1.54, 1.807) is 21.5 Å². The van der Waals surface area contributed by atoms with E-state index in [4.69, 9.17) is 0 Å². The van der Waals surface area contributed by atoms with Crippen LogP contribution in [0, 0.1) is 0 Å². The molecule has 22 heavy (non-hydrogen) atoms. The highest BCUT2D eigenvalue weighted by molar-refractivity contribution is 5.31. The van der Waals surface area contributed by atoms with E-state index in [1.165, 1.54) is 4.57 Å². The monoisotopic (exact) mass is 293 g/mol. The van der Waals surface area contributed by atoms with Gasteiger partial charge in [-0.3, -0.25) is 0 Å². The normalized spacial score (nSPS) is 24.5. The maximum absolute atomic E-state index is 12.8. The van der Waals surface area contributed by atoms with Gasteiger partial charge in [0.25, 0.3) is 0 Å². The molecule has 0 fully saturated rings. The molecule has 1 aromatic heterocycles. The lowest BCUT2D eigenvalue weighted by Crippen LogP contribution is -2.35. The molecule has 1 aliphatic heterocycles. The van der Waals surface area contributed by atoms with Gasteiger partial charge >= 0.3 is 11.4 Å². The lowest BCUT2D eigenvalue weighted by atomic mass is 10.0. The minimum absolute atomic E-state index is 0.116. The lowest BCUT2D eigenvalue weighted by Gasteiger charge is -2.25. The van der Waals surface area contributed by atoms with E-state index in [0.717, 1.165) is 12.0 Å². The number of benzene rings is 1. The minimum atomic E-state index is -0.287. The van der Waals surface area contributed by atoms with Crippen LogP contribution in [0.4, 0.5) is 0 Å². The Morgan fingerprint density at radius 1 is 0.955 bits per heavy atom. The van der Waals surface area contributed by atoms with Crippen molar-refractivity contribution in [1.29, 1.82) is 0 Å². The molecule has 110 valence electrons. The van der Waals surface area contributed by atoms with Crippen molar-refractivity contribution in [3.63, 3.8) is 0 Å². The third kappa shape index (κ3) is 1.86. The molecule has 0 unspecified atom stereocenters. The van der Waals surface area contributed by atoms with Crippen LogP contribution in [0.3, 0.4) is 0 Å². The van der Waals surface area contributed by atoms with E-state index in [2.05, 4.69) is 0 Å². The molecular formula is C17H15N3O2. The Bertz CT molecular complexity index is 923. The summed E-state index contributed by atoms with van der Waals surface area (Å²) in [6, 6.07) is 8.94. The summed E-state index contributed by atoms with van der Waals surface area (Å²) in [6.07, 6.45) is 10.6. The van der Waals surface area contributed by atoms with Gasteiger partial charge in [-0.05, 0) is 24.1 Å². The molecule has 2 aromatic rings. The fraction of sp³-hybridized carbons (Fsp3) is 0.176. The summed E-state index contributed by atoms with van der Waals surface area (Å²) in [5.41, 5.74) is 1.19. The molecule has 0 saturated carbocycles. The Morgan fingerprint density at radius 2 is 1.77 bits per heavy atom. The van der Waals surface area contributed by atoms with Crippen molar-refractivity contribution in [1.82, 2.24) is 13.9 Å². The highest BCUT2D eigenvalue weighted by atomic mass is 16.2. The summed E-state index contributed by atoms with van der Waals surface area (Å²) in [5, 5.41) is 0. The highest BCUT2D eigenvalue weighted by Gasteiger charge is 2.27. The summed E-state index contributed by atoms with van der Waals surface area (Å²) in [4.78, 5) is 25.5. The fourth-order valence-corrected chi connectivity index (χ4v) is 3.09. The van der Waals surface area contributed by atoms with Crippen molar-refractivity contribution in [3.8, 4) is 5.69 Å². The Labute approximate surface area is 126 Å². The molecule has 2 heterocycles. The van der Waals surface area contributed by atoms with E-state index in [1.807, 2.05) is 48.6 Å². The Morgan fingerprint density at radius 3 is 2.59 bits per heavy atom. The van der Waals surface area contributed by atoms with Crippen LogP contribution in [0.15, 0.2) is 75.9 Å². The molecule has 2 bridgehead atoms. The molecule has 0 amide bonds. The van der Waals surface area contributed by atoms with Gasteiger partial charge in [-0.25, -0.2) is 23.5 Å². The van der Waals surface area contributed by atoms with Crippen molar-refractivity contribution in [2.45, 2.75) is 19.0 Å². The zero-order valence-corrected chi connectivity index (χ0v) is 11.9. The first-order valence-corrected chi connectivity index (χ1v) is 7.28. The van der Waals surface area contributed by atoms with Crippen molar-refractivity contribution in [2.24, 2.45) is 0 Å². The van der Waals surface area contributed by atoms with Gasteiger partial charge in [0, 0.05) is 0 Å². The van der Waals surface area contributed by atoms with Crippen molar-refractivity contribution >= 4 is 0 Å². The molecular weight excluding hydrogens is 278 g/mol. The van der Waals surface area contributed by atoms with E-state index >= 15 is 0 Å². The number of nitrogens with zero attached hydrogens (tertiary/aromatic N) is 3. The van der Waals surface area contributed by atoms with Gasteiger partial charge < -0.3 is 0 Å². The number of para-hydroxylation sites is 1. The predicted molar refractivity (Wildman–Crippen MR) is 84.3 cm³/mol.